The van der Waals surface area contributed by atoms with Crippen LogP contribution in [0.2, 0.25) is 0 Å². The Morgan fingerprint density at radius 2 is 1.62 bits per heavy atom. The molecule has 0 saturated heterocycles. The zero-order valence-electron chi connectivity index (χ0n) is 19.7. The lowest BCUT2D eigenvalue weighted by molar-refractivity contribution is -0.384. The molecule has 6 N–H and O–H groups in total. The number of hydrogen-bond acceptors (Lipinski definition) is 8. The van der Waals surface area contributed by atoms with Crippen LogP contribution in [0, 0.1) is 10.1 Å². The second-order valence-corrected chi connectivity index (χ2v) is 9.17. The van der Waals surface area contributed by atoms with Gasteiger partial charge in [-0.15, -0.1) is 4.40 Å². The fourth-order valence-electron chi connectivity index (χ4n) is 3.04. The van der Waals surface area contributed by atoms with Gasteiger partial charge in [0.25, 0.3) is 15.7 Å². The summed E-state index contributed by atoms with van der Waals surface area (Å²) in [5, 5.41) is 15.9. The number of anilines is 1. The van der Waals surface area contributed by atoms with Gasteiger partial charge >= 0.3 is 5.97 Å². The molecule has 0 spiro atoms. The summed E-state index contributed by atoms with van der Waals surface area (Å²) in [5.74, 6) is -2.42. The number of amides is 2. The predicted molar refractivity (Wildman–Crippen MR) is 133 cm³/mol. The molecule has 0 bridgehead atoms. The number of nitrogens with zero attached hydrogens (tertiary/aromatic N) is 2. The number of carbonyl (C=O) groups is 3. The van der Waals surface area contributed by atoms with Crippen molar-refractivity contribution in [2.24, 2.45) is 15.9 Å². The zero-order chi connectivity index (χ0) is 27.6. The molecule has 2 rings (SSSR count). The average molecular weight is 535 g/mol. The Balaban J connectivity index is 1.94. The van der Waals surface area contributed by atoms with Crippen molar-refractivity contribution in [2.75, 3.05) is 11.9 Å². The highest BCUT2D eigenvalue weighted by molar-refractivity contribution is 7.90. The van der Waals surface area contributed by atoms with Crippen LogP contribution in [-0.4, -0.2) is 49.7 Å². The van der Waals surface area contributed by atoms with Crippen LogP contribution in [0.3, 0.4) is 0 Å². The van der Waals surface area contributed by atoms with Crippen LogP contribution in [-0.2, 0) is 35.6 Å². The van der Waals surface area contributed by atoms with Gasteiger partial charge in [-0.25, -0.2) is 4.79 Å². The monoisotopic (exact) mass is 534 g/mol. The summed E-state index contributed by atoms with van der Waals surface area (Å²) >= 11 is 0. The molecule has 1 atom stereocenters. The summed E-state index contributed by atoms with van der Waals surface area (Å²) in [7, 11) is -4.07. The van der Waals surface area contributed by atoms with Gasteiger partial charge in [-0.05, 0) is 36.8 Å². The van der Waals surface area contributed by atoms with Crippen molar-refractivity contribution in [1.29, 1.82) is 0 Å². The van der Waals surface area contributed by atoms with Gasteiger partial charge in [-0.1, -0.05) is 12.1 Å². The molecule has 0 radical (unpaired) electrons. The van der Waals surface area contributed by atoms with Gasteiger partial charge in [-0.2, -0.15) is 8.42 Å². The van der Waals surface area contributed by atoms with Crippen LogP contribution >= 0.6 is 0 Å². The lowest BCUT2D eigenvalue weighted by atomic mass is 10.1. The number of hydrogen-bond donors (Lipinski definition) is 4. The molecule has 0 heterocycles. The van der Waals surface area contributed by atoms with Crippen LogP contribution in [0.25, 0.3) is 0 Å². The van der Waals surface area contributed by atoms with Gasteiger partial charge in [0.2, 0.25) is 17.8 Å². The van der Waals surface area contributed by atoms with E-state index in [-0.39, 0.29) is 42.1 Å². The molecule has 2 amide bonds. The van der Waals surface area contributed by atoms with E-state index in [9.17, 15) is 32.9 Å². The predicted octanol–water partition coefficient (Wildman–Crippen LogP) is 0.566. The van der Waals surface area contributed by atoms with Crippen LogP contribution in [0.5, 0.6) is 0 Å². The van der Waals surface area contributed by atoms with E-state index in [1.54, 1.807) is 6.92 Å². The molecule has 37 heavy (non-hydrogen) atoms. The summed E-state index contributed by atoms with van der Waals surface area (Å²) in [6.07, 6.45) is -0.449. The first-order valence-corrected chi connectivity index (χ1v) is 12.3. The molecular weight excluding hydrogens is 508 g/mol. The quantitative estimate of drug-likeness (QED) is 0.0972. The molecule has 0 aromatic heterocycles. The Kier molecular flexibility index (Phi) is 10.1. The Bertz CT molecular complexity index is 1270. The summed E-state index contributed by atoms with van der Waals surface area (Å²) in [5.41, 5.74) is 10.9. The molecule has 15 heteroatoms. The molecule has 2 aromatic rings. The Hall–Kier alpha value is -4.53. The van der Waals surface area contributed by atoms with Crippen molar-refractivity contribution in [2.45, 2.75) is 37.1 Å². The van der Waals surface area contributed by atoms with Gasteiger partial charge < -0.3 is 26.8 Å². The van der Waals surface area contributed by atoms with Gasteiger partial charge in [-0.3, -0.25) is 19.7 Å². The van der Waals surface area contributed by atoms with E-state index in [0.717, 1.165) is 0 Å². The highest BCUT2D eigenvalue weighted by atomic mass is 32.2. The first-order chi connectivity index (χ1) is 17.4. The average Bonchev–Trinajstić information content (AvgIpc) is 2.82. The van der Waals surface area contributed by atoms with E-state index < -0.39 is 44.7 Å². The molecule has 198 valence electrons. The van der Waals surface area contributed by atoms with Crippen molar-refractivity contribution in [3.63, 3.8) is 0 Å². The summed E-state index contributed by atoms with van der Waals surface area (Å²) < 4.78 is 32.0. The highest BCUT2D eigenvalue weighted by Gasteiger charge is 2.23. The van der Waals surface area contributed by atoms with Crippen molar-refractivity contribution in [1.82, 2.24) is 5.32 Å². The Morgan fingerprint density at radius 1 is 1.03 bits per heavy atom. The van der Waals surface area contributed by atoms with E-state index in [4.69, 9.17) is 16.2 Å². The summed E-state index contributed by atoms with van der Waals surface area (Å²) in [6, 6.07) is 9.51. The van der Waals surface area contributed by atoms with E-state index in [1.807, 2.05) is 0 Å². The van der Waals surface area contributed by atoms with Crippen molar-refractivity contribution in [3.05, 3.63) is 64.2 Å². The van der Waals surface area contributed by atoms with E-state index in [1.165, 1.54) is 48.5 Å². The number of sulfonamides is 1. The number of nitro groups is 1. The molecule has 0 aliphatic carbocycles. The minimum Gasteiger partial charge on any atom is -0.464 e. The number of non-ortho nitro benzene ring substituents is 1. The van der Waals surface area contributed by atoms with Crippen LogP contribution in [0.1, 0.15) is 25.3 Å². The van der Waals surface area contributed by atoms with Crippen LogP contribution in [0.4, 0.5) is 11.4 Å². The SMILES string of the molecule is CCOC(=O)C(Cc1ccc([N+](=O)[O-])cc1)NC(=O)CCC(=O)Nc1ccc(S(=O)(=O)N=C(N)N)cc1. The fraction of sp³-hybridized carbons (Fsp3) is 0.273. The molecule has 1 unspecified atom stereocenters. The first kappa shape index (κ1) is 28.7. The molecule has 0 aliphatic rings. The zero-order valence-corrected chi connectivity index (χ0v) is 20.6. The number of esters is 1. The second kappa shape index (κ2) is 13.0. The van der Waals surface area contributed by atoms with E-state index in [0.29, 0.717) is 5.56 Å². The van der Waals surface area contributed by atoms with Gasteiger partial charge in [0.05, 0.1) is 16.4 Å². The standard InChI is InChI=1S/C22H26N6O8S/c1-2-36-21(31)18(13-14-3-7-16(8-4-14)28(32)33)26-20(30)12-11-19(29)25-15-5-9-17(10-6-15)37(34,35)27-22(23)24/h3-10,18H,2,11-13H2,1H3,(H,25,29)(H,26,30)(H4,23,24,27). The third-order valence-electron chi connectivity index (χ3n) is 4.73. The molecule has 14 nitrogen and oxygen atoms in total. The highest BCUT2D eigenvalue weighted by Crippen LogP contribution is 2.17. The number of nitro benzene ring substituents is 1. The molecule has 0 aliphatic heterocycles. The smallest absolute Gasteiger partial charge is 0.328 e. The normalized spacial score (nSPS) is 11.6. The molecule has 0 saturated carbocycles. The fourth-order valence-corrected chi connectivity index (χ4v) is 3.91. The molecular formula is C22H26N6O8S. The van der Waals surface area contributed by atoms with Gasteiger partial charge in [0.1, 0.15) is 6.04 Å². The number of guanidine groups is 1. The molecule has 0 fully saturated rings. The topological polar surface area (TPSA) is 226 Å². The van der Waals surface area contributed by atoms with E-state index in [2.05, 4.69) is 15.0 Å². The van der Waals surface area contributed by atoms with Crippen LogP contribution < -0.4 is 22.1 Å². The van der Waals surface area contributed by atoms with Crippen molar-refractivity contribution < 1.29 is 32.5 Å². The van der Waals surface area contributed by atoms with Crippen LogP contribution in [0.15, 0.2) is 57.8 Å². The number of nitrogens with two attached hydrogens (primary N) is 2. The number of rotatable bonds is 12. The maximum absolute atomic E-state index is 12.4. The third kappa shape index (κ3) is 9.21. The third-order valence-corrected chi connectivity index (χ3v) is 6.05. The van der Waals surface area contributed by atoms with E-state index >= 15 is 0 Å². The minimum absolute atomic E-state index is 0.0316. The van der Waals surface area contributed by atoms with Crippen molar-refractivity contribution >= 4 is 45.1 Å². The Morgan fingerprint density at radius 3 is 2.16 bits per heavy atom. The minimum atomic E-state index is -4.07. The van der Waals surface area contributed by atoms with Gasteiger partial charge in [0.15, 0.2) is 0 Å². The maximum atomic E-state index is 12.4. The molecule has 2 aromatic carbocycles. The number of carbonyl (C=O) groups excluding carboxylic acids is 3. The number of benzene rings is 2. The number of ether oxygens (including phenoxy) is 1. The Labute approximate surface area is 212 Å². The van der Waals surface area contributed by atoms with Gasteiger partial charge in [0, 0.05) is 37.1 Å². The lowest BCUT2D eigenvalue weighted by Gasteiger charge is -2.17. The first-order valence-electron chi connectivity index (χ1n) is 10.9. The summed E-state index contributed by atoms with van der Waals surface area (Å²) in [4.78, 5) is 47.0. The van der Waals surface area contributed by atoms with Crippen molar-refractivity contribution in [3.8, 4) is 0 Å². The maximum Gasteiger partial charge on any atom is 0.328 e. The summed E-state index contributed by atoms with van der Waals surface area (Å²) in [6.45, 7) is 1.69. The largest absolute Gasteiger partial charge is 0.464 e. The number of nitrogens with one attached hydrogen (secondary N) is 2. The second-order valence-electron chi connectivity index (χ2n) is 7.56. The lowest BCUT2D eigenvalue weighted by Crippen LogP contribution is -2.43.